The summed E-state index contributed by atoms with van der Waals surface area (Å²) in [5, 5.41) is 3.80. The van der Waals surface area contributed by atoms with Crippen LogP contribution in [0.3, 0.4) is 0 Å². The zero-order valence-corrected chi connectivity index (χ0v) is 21.3. The summed E-state index contributed by atoms with van der Waals surface area (Å²) in [6.45, 7) is 7.05. The van der Waals surface area contributed by atoms with Crippen molar-refractivity contribution in [2.45, 2.75) is 45.3 Å². The van der Waals surface area contributed by atoms with Crippen molar-refractivity contribution in [3.05, 3.63) is 47.0 Å². The number of ether oxygens (including phenoxy) is 1. The van der Waals surface area contributed by atoms with Gasteiger partial charge in [0.15, 0.2) is 0 Å². The fourth-order valence-corrected chi connectivity index (χ4v) is 4.66. The zero-order chi connectivity index (χ0) is 24.5. The number of anilines is 2. The Morgan fingerprint density at radius 1 is 1.32 bits per heavy atom. The molecule has 0 spiro atoms. The summed E-state index contributed by atoms with van der Waals surface area (Å²) < 4.78 is 6.39. The van der Waals surface area contributed by atoms with E-state index < -0.39 is 5.60 Å². The van der Waals surface area contributed by atoms with Crippen LogP contribution in [-0.4, -0.2) is 63.6 Å². The highest BCUT2D eigenvalue weighted by Gasteiger charge is 2.31. The van der Waals surface area contributed by atoms with Gasteiger partial charge in [-0.15, -0.1) is 0 Å². The van der Waals surface area contributed by atoms with E-state index in [4.69, 9.17) is 4.74 Å². The average molecular weight is 529 g/mol. The second kappa shape index (κ2) is 9.61. The predicted octanol–water partition coefficient (Wildman–Crippen LogP) is 4.81. The Kier molecular flexibility index (Phi) is 6.79. The summed E-state index contributed by atoms with van der Waals surface area (Å²) in [5.74, 6) is -0.249. The third-order valence-electron chi connectivity index (χ3n) is 5.74. The maximum absolute atomic E-state index is 12.8. The van der Waals surface area contributed by atoms with Crippen molar-refractivity contribution >= 4 is 50.3 Å². The number of fused-ring (bicyclic) bond motifs is 1. The van der Waals surface area contributed by atoms with E-state index in [-0.39, 0.29) is 18.0 Å². The number of carbonyl (C=O) groups is 2. The Labute approximate surface area is 207 Å². The van der Waals surface area contributed by atoms with Crippen LogP contribution in [-0.2, 0) is 4.74 Å². The second-order valence-corrected chi connectivity index (χ2v) is 10.3. The van der Waals surface area contributed by atoms with Crippen LogP contribution in [0.1, 0.15) is 44.0 Å². The summed E-state index contributed by atoms with van der Waals surface area (Å²) in [5.41, 5.74) is 2.15. The summed E-state index contributed by atoms with van der Waals surface area (Å²) in [4.78, 5) is 41.0. The molecule has 180 valence electrons. The van der Waals surface area contributed by atoms with Gasteiger partial charge in [0.05, 0.1) is 32.8 Å². The number of aromatic nitrogens is 3. The number of nitrogens with one attached hydrogen (secondary N) is 2. The van der Waals surface area contributed by atoms with E-state index in [1.54, 1.807) is 42.7 Å². The third-order valence-corrected chi connectivity index (χ3v) is 6.32. The normalized spacial score (nSPS) is 16.4. The summed E-state index contributed by atoms with van der Waals surface area (Å²) in [6.07, 6.45) is 8.12. The van der Waals surface area contributed by atoms with Gasteiger partial charge in [0.2, 0.25) is 0 Å². The van der Waals surface area contributed by atoms with E-state index in [1.807, 2.05) is 20.8 Å². The van der Waals surface area contributed by atoms with Gasteiger partial charge >= 0.3 is 6.09 Å². The molecule has 0 aromatic carbocycles. The molecule has 0 bridgehead atoms. The molecule has 0 radical (unpaired) electrons. The Balaban J connectivity index is 1.62. The number of carbonyl (C=O) groups excluding carboxylic acids is 2. The number of halogens is 1. The van der Waals surface area contributed by atoms with Gasteiger partial charge < -0.3 is 24.8 Å². The van der Waals surface area contributed by atoms with Crippen molar-refractivity contribution in [3.63, 3.8) is 0 Å². The highest BCUT2D eigenvalue weighted by molar-refractivity contribution is 9.10. The number of aromatic amines is 1. The molecule has 1 unspecified atom stereocenters. The quantitative estimate of drug-likeness (QED) is 0.503. The molecular weight excluding hydrogens is 500 g/mol. The standard InChI is InChI=1S/C24H29BrN6O3/c1-24(2,3)34-23(33)30(4)16-8-6-10-31(14-16)20-17(25)12-27-21-19(20)18(13-28-21)29-22(32)15-7-5-9-26-11-15/h5,7,9,11-13,16H,6,8,10,14H2,1-4H3,(H,27,28)(H,29,32). The minimum atomic E-state index is -0.549. The fraction of sp³-hybridized carbons (Fsp3) is 0.417. The van der Waals surface area contributed by atoms with E-state index in [0.717, 1.165) is 34.9 Å². The van der Waals surface area contributed by atoms with Crippen molar-refractivity contribution in [3.8, 4) is 0 Å². The molecule has 3 aromatic rings. The number of likely N-dealkylation sites (N-methyl/N-ethyl adjacent to an activating group) is 1. The number of piperidine rings is 1. The maximum Gasteiger partial charge on any atom is 0.410 e. The molecule has 2 N–H and O–H groups in total. The van der Waals surface area contributed by atoms with Crippen LogP contribution >= 0.6 is 15.9 Å². The highest BCUT2D eigenvalue weighted by atomic mass is 79.9. The zero-order valence-electron chi connectivity index (χ0n) is 19.8. The molecule has 9 nitrogen and oxygen atoms in total. The minimum absolute atomic E-state index is 0.00825. The smallest absolute Gasteiger partial charge is 0.410 e. The number of rotatable bonds is 4. The minimum Gasteiger partial charge on any atom is -0.444 e. The van der Waals surface area contributed by atoms with Crippen LogP contribution in [0.5, 0.6) is 0 Å². The first-order chi connectivity index (χ1) is 16.1. The Morgan fingerprint density at radius 3 is 2.82 bits per heavy atom. The first-order valence-corrected chi connectivity index (χ1v) is 12.0. The number of pyridine rings is 2. The molecule has 0 saturated carbocycles. The molecular formula is C24H29BrN6O3. The number of hydrogen-bond donors (Lipinski definition) is 2. The molecule has 1 saturated heterocycles. The molecule has 0 aliphatic carbocycles. The lowest BCUT2D eigenvalue weighted by Crippen LogP contribution is -2.50. The van der Waals surface area contributed by atoms with Crippen LogP contribution < -0.4 is 10.2 Å². The first kappa shape index (κ1) is 24.0. The fourth-order valence-electron chi connectivity index (χ4n) is 4.11. The SMILES string of the molecule is CN(C(=O)OC(C)(C)C)C1CCCN(c2c(Br)cnc3[nH]cc(NC(=O)c4cccnc4)c23)C1. The summed E-state index contributed by atoms with van der Waals surface area (Å²) in [6, 6.07) is 3.43. The molecule has 1 aliphatic rings. The van der Waals surface area contributed by atoms with Crippen LogP contribution in [0, 0.1) is 0 Å². The average Bonchev–Trinajstić information content (AvgIpc) is 3.20. The Bertz CT molecular complexity index is 1190. The molecule has 10 heteroatoms. The van der Waals surface area contributed by atoms with E-state index in [1.165, 1.54) is 6.20 Å². The Morgan fingerprint density at radius 2 is 2.12 bits per heavy atom. The van der Waals surface area contributed by atoms with Gasteiger partial charge in [-0.05, 0) is 61.7 Å². The van der Waals surface area contributed by atoms with E-state index >= 15 is 0 Å². The predicted molar refractivity (Wildman–Crippen MR) is 135 cm³/mol. The molecule has 2 amide bonds. The third kappa shape index (κ3) is 5.16. The van der Waals surface area contributed by atoms with Gasteiger partial charge in [-0.25, -0.2) is 9.78 Å². The largest absolute Gasteiger partial charge is 0.444 e. The summed E-state index contributed by atoms with van der Waals surface area (Å²) in [7, 11) is 1.79. The van der Waals surface area contributed by atoms with Crippen LogP contribution in [0.2, 0.25) is 0 Å². The van der Waals surface area contributed by atoms with Crippen LogP contribution in [0.4, 0.5) is 16.2 Å². The van der Waals surface area contributed by atoms with Crippen molar-refractivity contribution in [2.75, 3.05) is 30.4 Å². The topological polar surface area (TPSA) is 103 Å². The Hall–Kier alpha value is -3.14. The number of amides is 2. The van der Waals surface area contributed by atoms with Crippen molar-refractivity contribution in [2.24, 2.45) is 0 Å². The molecule has 1 fully saturated rings. The molecule has 4 heterocycles. The van der Waals surface area contributed by atoms with Crippen LogP contribution in [0.25, 0.3) is 11.0 Å². The van der Waals surface area contributed by atoms with Gasteiger partial charge in [-0.1, -0.05) is 0 Å². The number of H-pyrrole nitrogens is 1. The van der Waals surface area contributed by atoms with Crippen molar-refractivity contribution < 1.29 is 14.3 Å². The van der Waals surface area contributed by atoms with Crippen molar-refractivity contribution in [1.82, 2.24) is 19.9 Å². The highest BCUT2D eigenvalue weighted by Crippen LogP contribution is 2.39. The number of hydrogen-bond acceptors (Lipinski definition) is 6. The van der Waals surface area contributed by atoms with Crippen LogP contribution in [0.15, 0.2) is 41.4 Å². The maximum atomic E-state index is 12.8. The van der Waals surface area contributed by atoms with Gasteiger partial charge in [0.25, 0.3) is 5.91 Å². The number of nitrogens with zero attached hydrogens (tertiary/aromatic N) is 4. The molecule has 3 aromatic heterocycles. The van der Waals surface area contributed by atoms with Gasteiger partial charge in [-0.3, -0.25) is 9.78 Å². The lowest BCUT2D eigenvalue weighted by atomic mass is 10.0. The van der Waals surface area contributed by atoms with Gasteiger partial charge in [0.1, 0.15) is 11.2 Å². The summed E-state index contributed by atoms with van der Waals surface area (Å²) >= 11 is 3.66. The van der Waals surface area contributed by atoms with E-state index in [0.29, 0.717) is 23.4 Å². The van der Waals surface area contributed by atoms with E-state index in [9.17, 15) is 9.59 Å². The second-order valence-electron chi connectivity index (χ2n) is 9.41. The van der Waals surface area contributed by atoms with E-state index in [2.05, 4.69) is 41.1 Å². The first-order valence-electron chi connectivity index (χ1n) is 11.2. The van der Waals surface area contributed by atoms with Gasteiger partial charge in [0, 0.05) is 44.9 Å². The van der Waals surface area contributed by atoms with Gasteiger partial charge in [-0.2, -0.15) is 0 Å². The molecule has 4 rings (SSSR count). The molecule has 34 heavy (non-hydrogen) atoms. The lowest BCUT2D eigenvalue weighted by Gasteiger charge is -2.39. The molecule has 1 aliphatic heterocycles. The molecule has 1 atom stereocenters. The lowest BCUT2D eigenvalue weighted by molar-refractivity contribution is 0.0210. The van der Waals surface area contributed by atoms with Crippen molar-refractivity contribution in [1.29, 1.82) is 0 Å². The monoisotopic (exact) mass is 528 g/mol.